The van der Waals surface area contributed by atoms with Crippen LogP contribution in [0.3, 0.4) is 0 Å². The Labute approximate surface area is 96.5 Å². The molecule has 16 heavy (non-hydrogen) atoms. The molecule has 5 nitrogen and oxygen atoms in total. The predicted molar refractivity (Wildman–Crippen MR) is 60.7 cm³/mol. The van der Waals surface area contributed by atoms with E-state index in [1.165, 1.54) is 0 Å². The molecule has 0 heterocycles. The van der Waals surface area contributed by atoms with Crippen LogP contribution >= 0.6 is 0 Å². The zero-order valence-electron chi connectivity index (χ0n) is 9.72. The molecule has 0 amide bonds. The first-order chi connectivity index (χ1) is 7.35. The van der Waals surface area contributed by atoms with Crippen LogP contribution in [0, 0.1) is 0 Å². The zero-order valence-corrected chi connectivity index (χ0v) is 10.5. The Kier molecular flexibility index (Phi) is 4.32. The second-order valence-corrected chi connectivity index (χ2v) is 6.65. The molecule has 94 valence electrons. The molecule has 0 aromatic heterocycles. The predicted octanol–water partition coefficient (Wildman–Crippen LogP) is 1.05. The second kappa shape index (κ2) is 5.14. The summed E-state index contributed by atoms with van der Waals surface area (Å²) in [5.41, 5.74) is 0. The van der Waals surface area contributed by atoms with Crippen molar-refractivity contribution in [2.24, 2.45) is 0 Å². The van der Waals surface area contributed by atoms with E-state index in [1.807, 2.05) is 0 Å². The van der Waals surface area contributed by atoms with Crippen molar-refractivity contribution in [1.82, 2.24) is 4.31 Å². The van der Waals surface area contributed by atoms with Gasteiger partial charge < -0.3 is 5.11 Å². The molecule has 6 heteroatoms. The van der Waals surface area contributed by atoms with Crippen molar-refractivity contribution in [2.45, 2.75) is 50.8 Å². The molecule has 1 rings (SSSR count). The average molecular weight is 249 g/mol. The summed E-state index contributed by atoms with van der Waals surface area (Å²) in [6, 6.07) is -0.304. The van der Waals surface area contributed by atoms with Crippen LogP contribution in [0.2, 0.25) is 0 Å². The fourth-order valence-electron chi connectivity index (χ4n) is 2.08. The Morgan fingerprint density at radius 1 is 1.38 bits per heavy atom. The van der Waals surface area contributed by atoms with Gasteiger partial charge in [0, 0.05) is 6.04 Å². The SMILES string of the molecule is CC(C)N(CC(=O)O)S(=O)(=O)C1CCCC1. The van der Waals surface area contributed by atoms with Crippen LogP contribution in [0.4, 0.5) is 0 Å². The van der Waals surface area contributed by atoms with Gasteiger partial charge in [0.15, 0.2) is 0 Å². The molecule has 0 spiro atoms. The molecule has 0 aliphatic heterocycles. The third-order valence-electron chi connectivity index (χ3n) is 2.92. The van der Waals surface area contributed by atoms with Gasteiger partial charge >= 0.3 is 5.97 Å². The van der Waals surface area contributed by atoms with Gasteiger partial charge in [0.25, 0.3) is 0 Å². The highest BCUT2D eigenvalue weighted by molar-refractivity contribution is 7.89. The summed E-state index contributed by atoms with van der Waals surface area (Å²) in [5, 5.41) is 8.35. The molecule has 1 saturated carbocycles. The number of sulfonamides is 1. The maximum Gasteiger partial charge on any atom is 0.318 e. The maximum absolute atomic E-state index is 12.2. The van der Waals surface area contributed by atoms with Crippen LogP contribution in [-0.4, -0.2) is 41.6 Å². The monoisotopic (exact) mass is 249 g/mol. The Morgan fingerprint density at radius 3 is 2.25 bits per heavy atom. The van der Waals surface area contributed by atoms with Gasteiger partial charge in [0.05, 0.1) is 5.25 Å². The number of nitrogens with zero attached hydrogens (tertiary/aromatic N) is 1. The van der Waals surface area contributed by atoms with Gasteiger partial charge in [-0.2, -0.15) is 4.31 Å². The van der Waals surface area contributed by atoms with Crippen molar-refractivity contribution in [3.63, 3.8) is 0 Å². The van der Waals surface area contributed by atoms with Crippen molar-refractivity contribution in [1.29, 1.82) is 0 Å². The number of aliphatic carboxylic acids is 1. The molecular formula is C10H19NO4S. The number of hydrogen-bond acceptors (Lipinski definition) is 3. The number of rotatable bonds is 5. The molecule has 0 bridgehead atoms. The minimum Gasteiger partial charge on any atom is -0.480 e. The van der Waals surface area contributed by atoms with Crippen LogP contribution in [0.25, 0.3) is 0 Å². The Hall–Kier alpha value is -0.620. The Balaban J connectivity index is 2.87. The quantitative estimate of drug-likeness (QED) is 0.790. The van der Waals surface area contributed by atoms with E-state index in [1.54, 1.807) is 13.8 Å². The van der Waals surface area contributed by atoms with Crippen molar-refractivity contribution in [3.05, 3.63) is 0 Å². The lowest BCUT2D eigenvalue weighted by Gasteiger charge is -2.27. The topological polar surface area (TPSA) is 74.7 Å². The van der Waals surface area contributed by atoms with E-state index in [-0.39, 0.29) is 11.3 Å². The van der Waals surface area contributed by atoms with E-state index in [4.69, 9.17) is 5.11 Å². The largest absolute Gasteiger partial charge is 0.480 e. The van der Waals surface area contributed by atoms with Gasteiger partial charge in [-0.3, -0.25) is 4.79 Å². The maximum atomic E-state index is 12.2. The molecule has 1 aliphatic carbocycles. The summed E-state index contributed by atoms with van der Waals surface area (Å²) in [5.74, 6) is -1.10. The standard InChI is InChI=1S/C10H19NO4S/c1-8(2)11(7-10(12)13)16(14,15)9-5-3-4-6-9/h8-9H,3-7H2,1-2H3,(H,12,13). The molecule has 0 aromatic rings. The number of carboxylic acids is 1. The van der Waals surface area contributed by atoms with E-state index in [2.05, 4.69) is 0 Å². The second-order valence-electron chi connectivity index (χ2n) is 4.48. The zero-order chi connectivity index (χ0) is 12.3. The minimum atomic E-state index is -3.44. The van der Waals surface area contributed by atoms with Crippen molar-refractivity contribution >= 4 is 16.0 Å². The molecule has 0 saturated heterocycles. The summed E-state index contributed by atoms with van der Waals surface area (Å²) in [7, 11) is -3.44. The summed E-state index contributed by atoms with van der Waals surface area (Å²) in [6.07, 6.45) is 3.15. The highest BCUT2D eigenvalue weighted by atomic mass is 32.2. The summed E-state index contributed by atoms with van der Waals surface area (Å²) in [4.78, 5) is 10.7. The highest BCUT2D eigenvalue weighted by Gasteiger charge is 2.36. The fraction of sp³-hybridized carbons (Fsp3) is 0.900. The van der Waals surface area contributed by atoms with E-state index in [9.17, 15) is 13.2 Å². The van der Waals surface area contributed by atoms with E-state index < -0.39 is 22.5 Å². The van der Waals surface area contributed by atoms with Crippen LogP contribution < -0.4 is 0 Å². The normalized spacial score (nSPS) is 18.5. The summed E-state index contributed by atoms with van der Waals surface area (Å²) in [6.45, 7) is 2.97. The molecular weight excluding hydrogens is 230 g/mol. The van der Waals surface area contributed by atoms with E-state index >= 15 is 0 Å². The fourth-order valence-corrected chi connectivity index (χ4v) is 4.27. The molecule has 0 unspecified atom stereocenters. The summed E-state index contributed by atoms with van der Waals surface area (Å²) < 4.78 is 25.4. The highest BCUT2D eigenvalue weighted by Crippen LogP contribution is 2.27. The Morgan fingerprint density at radius 2 is 1.88 bits per heavy atom. The lowest BCUT2D eigenvalue weighted by Crippen LogP contribution is -2.44. The molecule has 0 atom stereocenters. The van der Waals surface area contributed by atoms with Gasteiger partial charge in [0.1, 0.15) is 6.54 Å². The molecule has 1 fully saturated rings. The van der Waals surface area contributed by atoms with Crippen molar-refractivity contribution in [2.75, 3.05) is 6.54 Å². The number of carbonyl (C=O) groups is 1. The van der Waals surface area contributed by atoms with Gasteiger partial charge in [-0.25, -0.2) is 8.42 Å². The van der Waals surface area contributed by atoms with Gasteiger partial charge in [0.2, 0.25) is 10.0 Å². The smallest absolute Gasteiger partial charge is 0.318 e. The Bertz CT molecular complexity index is 344. The molecule has 1 N–H and O–H groups in total. The van der Waals surface area contributed by atoms with E-state index in [0.29, 0.717) is 12.8 Å². The van der Waals surface area contributed by atoms with Crippen LogP contribution in [-0.2, 0) is 14.8 Å². The number of hydrogen-bond donors (Lipinski definition) is 1. The molecule has 0 radical (unpaired) electrons. The van der Waals surface area contributed by atoms with Crippen molar-refractivity contribution < 1.29 is 18.3 Å². The van der Waals surface area contributed by atoms with Crippen LogP contribution in [0.15, 0.2) is 0 Å². The van der Waals surface area contributed by atoms with Gasteiger partial charge in [-0.05, 0) is 26.7 Å². The van der Waals surface area contributed by atoms with Gasteiger partial charge in [-0.1, -0.05) is 12.8 Å². The molecule has 1 aliphatic rings. The number of carboxylic acid groups (broad SMARTS) is 1. The van der Waals surface area contributed by atoms with Crippen molar-refractivity contribution in [3.8, 4) is 0 Å². The first-order valence-corrected chi connectivity index (χ1v) is 7.08. The average Bonchev–Trinajstić information content (AvgIpc) is 2.66. The minimum absolute atomic E-state index is 0.304. The van der Waals surface area contributed by atoms with Gasteiger partial charge in [-0.15, -0.1) is 0 Å². The first kappa shape index (κ1) is 13.4. The lowest BCUT2D eigenvalue weighted by atomic mass is 10.4. The summed E-state index contributed by atoms with van der Waals surface area (Å²) >= 11 is 0. The van der Waals surface area contributed by atoms with Crippen LogP contribution in [0.1, 0.15) is 39.5 Å². The first-order valence-electron chi connectivity index (χ1n) is 5.58. The lowest BCUT2D eigenvalue weighted by molar-refractivity contribution is -0.137. The third kappa shape index (κ3) is 2.95. The molecule has 0 aromatic carbocycles. The van der Waals surface area contributed by atoms with Crippen LogP contribution in [0.5, 0.6) is 0 Å². The van der Waals surface area contributed by atoms with E-state index in [0.717, 1.165) is 17.1 Å². The third-order valence-corrected chi connectivity index (χ3v) is 5.44.